The van der Waals surface area contributed by atoms with Crippen LogP contribution in [0.5, 0.6) is 0 Å². The molecule has 4 nitrogen and oxygen atoms in total. The van der Waals surface area contributed by atoms with Crippen molar-refractivity contribution in [3.63, 3.8) is 0 Å². The molecule has 0 radical (unpaired) electrons. The van der Waals surface area contributed by atoms with Gasteiger partial charge in [-0.25, -0.2) is 8.42 Å². The van der Waals surface area contributed by atoms with E-state index < -0.39 is 9.84 Å². The summed E-state index contributed by atoms with van der Waals surface area (Å²) in [6.07, 6.45) is 7.25. The molecule has 0 spiro atoms. The smallest absolute Gasteiger partial charge is 0.150 e. The fourth-order valence-electron chi connectivity index (χ4n) is 2.88. The van der Waals surface area contributed by atoms with E-state index >= 15 is 0 Å². The van der Waals surface area contributed by atoms with Gasteiger partial charge in [0.2, 0.25) is 0 Å². The molecule has 2 rings (SSSR count). The Hall–Kier alpha value is -0.130. The van der Waals surface area contributed by atoms with Gasteiger partial charge in [-0.15, -0.1) is 0 Å². The molecule has 1 N–H and O–H groups in total. The van der Waals surface area contributed by atoms with Crippen LogP contribution in [0.3, 0.4) is 0 Å². The topological polar surface area (TPSA) is 55.4 Å². The van der Waals surface area contributed by atoms with E-state index in [4.69, 9.17) is 4.74 Å². The average molecular weight is 261 g/mol. The Morgan fingerprint density at radius 3 is 2.41 bits per heavy atom. The van der Waals surface area contributed by atoms with Crippen LogP contribution < -0.4 is 5.32 Å². The molecule has 0 bridgehead atoms. The van der Waals surface area contributed by atoms with Crippen LogP contribution in [0.25, 0.3) is 0 Å². The molecule has 0 amide bonds. The van der Waals surface area contributed by atoms with Crippen molar-refractivity contribution < 1.29 is 13.2 Å². The first-order valence-electron chi connectivity index (χ1n) is 6.58. The zero-order chi connectivity index (χ0) is 12.3. The standard InChI is InChI=1S/C12H23NO3S/c1-17(14,15)12-4-2-3-11(9-12)13-10-5-7-16-8-6-10/h10-13H,2-9H2,1H3. The highest BCUT2D eigenvalue weighted by Gasteiger charge is 2.30. The van der Waals surface area contributed by atoms with Crippen molar-refractivity contribution in [1.29, 1.82) is 0 Å². The van der Waals surface area contributed by atoms with E-state index in [1.54, 1.807) is 0 Å². The Morgan fingerprint density at radius 2 is 1.76 bits per heavy atom. The highest BCUT2D eigenvalue weighted by molar-refractivity contribution is 7.91. The molecule has 0 aromatic carbocycles. The lowest BCUT2D eigenvalue weighted by molar-refractivity contribution is 0.0733. The van der Waals surface area contributed by atoms with Crippen LogP contribution in [0, 0.1) is 0 Å². The van der Waals surface area contributed by atoms with E-state index in [1.165, 1.54) is 6.26 Å². The van der Waals surface area contributed by atoms with Crippen molar-refractivity contribution in [2.24, 2.45) is 0 Å². The zero-order valence-corrected chi connectivity index (χ0v) is 11.3. The molecule has 100 valence electrons. The molecule has 1 aliphatic carbocycles. The first-order valence-corrected chi connectivity index (χ1v) is 8.54. The van der Waals surface area contributed by atoms with Crippen LogP contribution in [-0.2, 0) is 14.6 Å². The SMILES string of the molecule is CS(=O)(=O)C1CCCC(NC2CCOCC2)C1. The molecular weight excluding hydrogens is 238 g/mol. The minimum Gasteiger partial charge on any atom is -0.381 e. The van der Waals surface area contributed by atoms with Crippen molar-refractivity contribution in [1.82, 2.24) is 5.32 Å². The van der Waals surface area contributed by atoms with E-state index in [2.05, 4.69) is 5.32 Å². The van der Waals surface area contributed by atoms with Crippen molar-refractivity contribution in [2.75, 3.05) is 19.5 Å². The third-order valence-corrected chi connectivity index (χ3v) is 5.56. The van der Waals surface area contributed by atoms with Gasteiger partial charge in [0.15, 0.2) is 0 Å². The third-order valence-electron chi connectivity index (χ3n) is 3.92. The molecule has 1 heterocycles. The van der Waals surface area contributed by atoms with Gasteiger partial charge in [-0.1, -0.05) is 6.42 Å². The van der Waals surface area contributed by atoms with Gasteiger partial charge >= 0.3 is 0 Å². The second kappa shape index (κ2) is 5.67. The fourth-order valence-corrected chi connectivity index (χ4v) is 4.06. The predicted octanol–water partition coefficient (Wildman–Crippen LogP) is 1.11. The van der Waals surface area contributed by atoms with Crippen LogP contribution in [0.1, 0.15) is 38.5 Å². The summed E-state index contributed by atoms with van der Waals surface area (Å²) >= 11 is 0. The minimum atomic E-state index is -2.86. The van der Waals surface area contributed by atoms with E-state index in [-0.39, 0.29) is 5.25 Å². The summed E-state index contributed by atoms with van der Waals surface area (Å²) in [7, 11) is -2.86. The van der Waals surface area contributed by atoms with Gasteiger partial charge in [0.25, 0.3) is 0 Å². The summed E-state index contributed by atoms with van der Waals surface area (Å²) in [4.78, 5) is 0. The molecule has 2 atom stereocenters. The van der Waals surface area contributed by atoms with Crippen LogP contribution in [-0.4, -0.2) is 45.2 Å². The lowest BCUT2D eigenvalue weighted by Gasteiger charge is -2.33. The summed E-state index contributed by atoms with van der Waals surface area (Å²) < 4.78 is 28.5. The molecule has 5 heteroatoms. The van der Waals surface area contributed by atoms with E-state index in [0.29, 0.717) is 12.1 Å². The van der Waals surface area contributed by atoms with Gasteiger partial charge in [-0.05, 0) is 32.1 Å². The summed E-state index contributed by atoms with van der Waals surface area (Å²) in [6, 6.07) is 0.902. The minimum absolute atomic E-state index is 0.131. The van der Waals surface area contributed by atoms with Gasteiger partial charge in [0, 0.05) is 31.6 Å². The maximum Gasteiger partial charge on any atom is 0.150 e. The first kappa shape index (κ1) is 13.3. The molecule has 0 aromatic heterocycles. The zero-order valence-electron chi connectivity index (χ0n) is 10.5. The lowest BCUT2D eigenvalue weighted by atomic mass is 9.93. The molecule has 0 aromatic rings. The van der Waals surface area contributed by atoms with Gasteiger partial charge in [-0.2, -0.15) is 0 Å². The first-order chi connectivity index (χ1) is 8.05. The van der Waals surface area contributed by atoms with E-state index in [1.807, 2.05) is 0 Å². The monoisotopic (exact) mass is 261 g/mol. The van der Waals surface area contributed by atoms with Crippen molar-refractivity contribution >= 4 is 9.84 Å². The van der Waals surface area contributed by atoms with Gasteiger partial charge in [-0.3, -0.25) is 0 Å². The number of rotatable bonds is 3. The van der Waals surface area contributed by atoms with Gasteiger partial charge in [0.1, 0.15) is 9.84 Å². The predicted molar refractivity (Wildman–Crippen MR) is 67.9 cm³/mol. The molecule has 1 saturated heterocycles. The average Bonchev–Trinajstić information content (AvgIpc) is 2.29. The molecule has 2 unspecified atom stereocenters. The van der Waals surface area contributed by atoms with Gasteiger partial charge < -0.3 is 10.1 Å². The highest BCUT2D eigenvalue weighted by Crippen LogP contribution is 2.24. The van der Waals surface area contributed by atoms with Crippen LogP contribution >= 0.6 is 0 Å². The summed E-state index contributed by atoms with van der Waals surface area (Å²) in [5.41, 5.74) is 0. The van der Waals surface area contributed by atoms with Crippen LogP contribution in [0.4, 0.5) is 0 Å². The van der Waals surface area contributed by atoms with Crippen LogP contribution in [0.15, 0.2) is 0 Å². The molecule has 2 fully saturated rings. The summed E-state index contributed by atoms with van der Waals surface area (Å²) in [5.74, 6) is 0. The maximum atomic E-state index is 11.6. The molecule has 1 aliphatic heterocycles. The maximum absolute atomic E-state index is 11.6. The molecule has 1 saturated carbocycles. The van der Waals surface area contributed by atoms with Crippen molar-refractivity contribution in [2.45, 2.75) is 55.9 Å². The van der Waals surface area contributed by atoms with Crippen molar-refractivity contribution in [3.8, 4) is 0 Å². The molecule has 17 heavy (non-hydrogen) atoms. The lowest BCUT2D eigenvalue weighted by Crippen LogP contribution is -2.45. The van der Waals surface area contributed by atoms with Crippen LogP contribution in [0.2, 0.25) is 0 Å². The number of hydrogen-bond donors (Lipinski definition) is 1. The second-order valence-electron chi connectivity index (χ2n) is 5.37. The Morgan fingerprint density at radius 1 is 1.06 bits per heavy atom. The Balaban J connectivity index is 1.84. The number of hydrogen-bond acceptors (Lipinski definition) is 4. The quantitative estimate of drug-likeness (QED) is 0.827. The Bertz CT molecular complexity index is 336. The number of ether oxygens (including phenoxy) is 1. The summed E-state index contributed by atoms with van der Waals surface area (Å²) in [5, 5.41) is 3.48. The van der Waals surface area contributed by atoms with E-state index in [0.717, 1.165) is 51.7 Å². The molecular formula is C12H23NO3S. The number of sulfone groups is 1. The van der Waals surface area contributed by atoms with Gasteiger partial charge in [0.05, 0.1) is 5.25 Å². The Labute approximate surface area is 104 Å². The number of nitrogens with one attached hydrogen (secondary N) is 1. The van der Waals surface area contributed by atoms with Crippen molar-refractivity contribution in [3.05, 3.63) is 0 Å². The highest BCUT2D eigenvalue weighted by atomic mass is 32.2. The largest absolute Gasteiger partial charge is 0.381 e. The third kappa shape index (κ3) is 3.93. The van der Waals surface area contributed by atoms with E-state index in [9.17, 15) is 8.42 Å². The fraction of sp³-hybridized carbons (Fsp3) is 1.00. The Kier molecular flexibility index (Phi) is 4.44. The normalized spacial score (nSPS) is 32.5. The second-order valence-corrected chi connectivity index (χ2v) is 7.69. The molecule has 2 aliphatic rings. The summed E-state index contributed by atoms with van der Waals surface area (Å²) in [6.45, 7) is 1.67.